The number of nitrogens with one attached hydrogen (secondary N) is 3. The minimum absolute atomic E-state index is 0. The largest absolute Gasteiger partial charge is 1.00 e. The number of aliphatic carboxylic acids is 2. The lowest BCUT2D eigenvalue weighted by molar-refractivity contribution is -0.921. The summed E-state index contributed by atoms with van der Waals surface area (Å²) in [5, 5.41) is 38.6. The molecule has 13 atom stereocenters. The van der Waals surface area contributed by atoms with Gasteiger partial charge < -0.3 is 81.1 Å². The molecule has 2 aromatic carbocycles. The average Bonchev–Trinajstić information content (AvgIpc) is 1.44. The molecule has 22 nitrogen and oxygen atoms in total. The molecule has 1 unspecified atom stereocenters. The first-order valence-corrected chi connectivity index (χ1v) is 29.9. The highest BCUT2D eigenvalue weighted by molar-refractivity contribution is 5.96. The molecule has 466 valence electrons. The number of hydrogen-bond acceptors (Lipinski definition) is 15. The van der Waals surface area contributed by atoms with E-state index in [-0.39, 0.29) is 48.3 Å². The van der Waals surface area contributed by atoms with Gasteiger partial charge >= 0.3 is 29.8 Å². The van der Waals surface area contributed by atoms with Crippen LogP contribution in [0, 0.1) is 17.3 Å². The van der Waals surface area contributed by atoms with E-state index < -0.39 is 112 Å². The van der Waals surface area contributed by atoms with Crippen molar-refractivity contribution in [1.29, 1.82) is 0 Å². The lowest BCUT2D eigenvalue weighted by atomic mass is 9.47. The van der Waals surface area contributed by atoms with Crippen molar-refractivity contribution in [2.24, 2.45) is 17.3 Å². The number of carboxylic acids is 2. The molecule has 86 heavy (non-hydrogen) atoms. The molecular formula is C63H82BrN7O15. The van der Waals surface area contributed by atoms with Gasteiger partial charge in [-0.05, 0) is 79.8 Å². The Morgan fingerprint density at radius 3 is 2.33 bits per heavy atom. The highest BCUT2D eigenvalue weighted by Gasteiger charge is 2.80. The van der Waals surface area contributed by atoms with Gasteiger partial charge in [-0.15, -0.1) is 0 Å². The molecule has 2 bridgehead atoms. The lowest BCUT2D eigenvalue weighted by Crippen LogP contribution is -3.00. The molecule has 6 N–H and O–H groups in total. The molecule has 7 heterocycles. The number of carboxylic acid groups (broad SMARTS) is 2. The van der Waals surface area contributed by atoms with Crippen LogP contribution in [0.2, 0.25) is 0 Å². The van der Waals surface area contributed by atoms with Gasteiger partial charge in [0.15, 0.2) is 12.6 Å². The summed E-state index contributed by atoms with van der Waals surface area (Å²) in [6, 6.07) is 6.48. The first-order valence-electron chi connectivity index (χ1n) is 29.9. The predicted molar refractivity (Wildman–Crippen MR) is 310 cm³/mol. The Balaban J connectivity index is 0.00000884. The van der Waals surface area contributed by atoms with Crippen LogP contribution < -0.4 is 37.3 Å². The third-order valence-electron chi connectivity index (χ3n) is 20.6. The fourth-order valence-corrected chi connectivity index (χ4v) is 16.9. The van der Waals surface area contributed by atoms with E-state index in [0.717, 1.165) is 27.6 Å². The molecule has 0 radical (unpaired) electrons. The Morgan fingerprint density at radius 1 is 0.942 bits per heavy atom. The van der Waals surface area contributed by atoms with Crippen molar-refractivity contribution >= 4 is 64.2 Å². The molecule has 10 rings (SSSR count). The van der Waals surface area contributed by atoms with Crippen LogP contribution in [0.1, 0.15) is 108 Å². The molecule has 3 fully saturated rings. The number of aromatic nitrogens is 1. The van der Waals surface area contributed by atoms with Crippen molar-refractivity contribution in [3.63, 3.8) is 0 Å². The van der Waals surface area contributed by atoms with Crippen LogP contribution in [-0.4, -0.2) is 198 Å². The first-order chi connectivity index (χ1) is 40.5. The molecule has 1 saturated carbocycles. The van der Waals surface area contributed by atoms with Gasteiger partial charge in [-0.2, -0.15) is 0 Å². The van der Waals surface area contributed by atoms with Gasteiger partial charge in [-0.25, -0.2) is 9.59 Å². The Labute approximate surface area is 511 Å². The van der Waals surface area contributed by atoms with Crippen LogP contribution >= 0.6 is 0 Å². The molecule has 2 saturated heterocycles. The molecule has 1 aromatic heterocycles. The van der Waals surface area contributed by atoms with Gasteiger partial charge in [0.2, 0.25) is 17.4 Å². The average molecular weight is 1260 g/mol. The predicted octanol–water partition coefficient (Wildman–Crippen LogP) is 0.881. The molecule has 3 aromatic rings. The number of ether oxygens (including phenoxy) is 4. The zero-order valence-corrected chi connectivity index (χ0v) is 52.1. The molecule has 23 heteroatoms. The van der Waals surface area contributed by atoms with E-state index in [0.29, 0.717) is 105 Å². The van der Waals surface area contributed by atoms with Crippen LogP contribution in [0.3, 0.4) is 0 Å². The maximum Gasteiger partial charge on any atom is 0.344 e. The summed E-state index contributed by atoms with van der Waals surface area (Å²) in [7, 11) is 5.98. The number of esters is 3. The van der Waals surface area contributed by atoms with Crippen molar-refractivity contribution in [3.8, 4) is 5.75 Å². The highest BCUT2D eigenvalue weighted by Crippen LogP contribution is 2.68. The van der Waals surface area contributed by atoms with Crippen LogP contribution in [0.5, 0.6) is 5.75 Å². The molecule has 3 amide bonds. The molecule has 7 aliphatic rings. The topological polar surface area (TPSA) is 284 Å². The smallest absolute Gasteiger partial charge is 0.344 e. The lowest BCUT2D eigenvalue weighted by Gasteiger charge is -2.63. The van der Waals surface area contributed by atoms with Gasteiger partial charge in [0.05, 0.1) is 46.9 Å². The van der Waals surface area contributed by atoms with Crippen molar-refractivity contribution < 1.29 is 94.1 Å². The number of fused-ring (bicyclic) bond motifs is 6. The summed E-state index contributed by atoms with van der Waals surface area (Å²) >= 11 is 0. The summed E-state index contributed by atoms with van der Waals surface area (Å²) in [6.45, 7) is 11.7. The monoisotopic (exact) mass is 1260 g/mol. The second-order valence-electron chi connectivity index (χ2n) is 24.9. The van der Waals surface area contributed by atoms with Crippen molar-refractivity contribution in [1.82, 2.24) is 25.4 Å². The number of carbonyl (C=O) groups is 8. The first kappa shape index (κ1) is 63.7. The summed E-state index contributed by atoms with van der Waals surface area (Å²) < 4.78 is 24.6. The molecular weight excluding hydrogens is 1170 g/mol. The number of likely N-dealkylation sites (N-methyl/N-ethyl adjacent to an activating group) is 1. The van der Waals surface area contributed by atoms with E-state index in [1.54, 1.807) is 18.9 Å². The Kier molecular flexibility index (Phi) is 17.8. The summed E-state index contributed by atoms with van der Waals surface area (Å²) in [5.41, 5.74) is -0.871. The number of benzene rings is 2. The third-order valence-corrected chi connectivity index (χ3v) is 20.6. The van der Waals surface area contributed by atoms with Crippen molar-refractivity contribution in [3.05, 3.63) is 82.6 Å². The number of hydrogen-bond donors (Lipinski definition) is 6. The maximum atomic E-state index is 16.0. The number of likely N-dealkylation sites (tertiary alicyclic amines) is 1. The van der Waals surface area contributed by atoms with E-state index in [2.05, 4.69) is 33.5 Å². The number of H-pyrrole nitrogens is 1. The van der Waals surface area contributed by atoms with Gasteiger partial charge in [-0.1, -0.05) is 70.5 Å². The van der Waals surface area contributed by atoms with Gasteiger partial charge in [-0.3, -0.25) is 33.7 Å². The van der Waals surface area contributed by atoms with Crippen LogP contribution in [0.4, 0.5) is 5.69 Å². The number of aromatic amines is 1. The zero-order chi connectivity index (χ0) is 61.3. The zero-order valence-electron chi connectivity index (χ0n) is 50.5. The fraction of sp³-hybridized carbons (Fsp3) is 0.587. The van der Waals surface area contributed by atoms with E-state index in [9.17, 15) is 44.1 Å². The quantitative estimate of drug-likeness (QED) is 0.0446. The number of amides is 3. The third kappa shape index (κ3) is 9.95. The van der Waals surface area contributed by atoms with Crippen molar-refractivity contribution in [2.75, 3.05) is 79.1 Å². The minimum atomic E-state index is -2.40. The van der Waals surface area contributed by atoms with E-state index >= 15 is 9.59 Å². The summed E-state index contributed by atoms with van der Waals surface area (Å²) in [5.74, 6) is -7.27. The van der Waals surface area contributed by atoms with Crippen LogP contribution in [-0.2, 0) is 69.8 Å². The standard InChI is InChI=1S/C63H81N7O15.BrH/c1-10-35(4)50(53(76)65-44(54(77)78)29-49(73)74)66-52(75)45-19-15-24-69(45)48(72)34-70-26-20-40-39-17-13-14-18-43(39)64-51(40)62(58(79)83-8,31-38(33-70)27-37(11-2)32-70)42-28-41-46(30-47(42)82-7)67(6)56-61(41)22-25-68-23-16-21-60(12-3,55(61)68)57(85-36(5)71)63(56,81)59(80)84-9;/h13-14,16-18,21,27-28,30,35,38,44-45,50,55-57,64,81H,10-12,15,19-20,22-26,29,31-34H2,1-9H3,(H3-,65,66,73,74,75,76,77,78);1H/t35-,38+,44-,45-,50-,55-,56+,57+,60+,61+,62-,63-,70?;/m0./s1. The number of rotatable bonds is 18. The maximum absolute atomic E-state index is 16.0. The van der Waals surface area contributed by atoms with Crippen LogP contribution in [0.15, 0.2) is 60.2 Å². The Hall–Kier alpha value is -6.82. The molecule has 1 spiro atoms. The van der Waals surface area contributed by atoms with Gasteiger partial charge in [0.25, 0.3) is 5.91 Å². The minimum Gasteiger partial charge on any atom is -1.00 e. The van der Waals surface area contributed by atoms with Gasteiger partial charge in [0.1, 0.15) is 35.8 Å². The number of para-hydroxylation sites is 1. The number of halogens is 1. The SMILES string of the molecule is CCC1=C[C@@H]2C[C@](C(=O)OC)(c3cc4c(cc3OC)N(C)[C@H]3[C@@](O)(C(=O)OC)[C@H](OC(C)=O)[C@]5(CC)C=CCN6CC[C@]43[C@@H]65)c3[nH]c4ccccc4c3CC[N+](CC(=O)N3CCC[C@H]3C(=O)N[C@H](C(=O)N[C@@H](CC(=O)O)C(=O)O)[C@@H](C)CC)(C1)C2.[Br-]. The van der Waals surface area contributed by atoms with E-state index in [1.165, 1.54) is 21.1 Å². The number of aliphatic hydroxyl groups is 1. The highest BCUT2D eigenvalue weighted by atomic mass is 79.9. The van der Waals surface area contributed by atoms with E-state index in [1.807, 2.05) is 74.3 Å². The van der Waals surface area contributed by atoms with Crippen LogP contribution in [0.25, 0.3) is 10.9 Å². The number of methoxy groups -OCH3 is 3. The summed E-state index contributed by atoms with van der Waals surface area (Å²) in [6.07, 6.45) is 7.37. The summed E-state index contributed by atoms with van der Waals surface area (Å²) in [4.78, 5) is 120. The number of anilines is 1. The van der Waals surface area contributed by atoms with Crippen molar-refractivity contribution in [2.45, 2.75) is 145 Å². The number of nitrogens with zero attached hydrogens (tertiary/aromatic N) is 4. The second-order valence-corrected chi connectivity index (χ2v) is 24.9. The number of carbonyl (C=O) groups excluding carboxylic acids is 6. The Morgan fingerprint density at radius 2 is 1.67 bits per heavy atom. The van der Waals surface area contributed by atoms with E-state index in [4.69, 9.17) is 18.9 Å². The second kappa shape index (κ2) is 24.0. The Bertz CT molecular complexity index is 3290. The van der Waals surface area contributed by atoms with Gasteiger partial charge in [0, 0.05) is 90.2 Å². The molecule has 1 aliphatic carbocycles. The fourth-order valence-electron chi connectivity index (χ4n) is 16.9. The normalized spacial score (nSPS) is 30.7. The molecule has 6 aliphatic heterocycles. The number of quaternary nitrogens is 1.